The van der Waals surface area contributed by atoms with E-state index in [2.05, 4.69) is 55.5 Å². The molecule has 1 atom stereocenters. The minimum atomic E-state index is 0.345. The van der Waals surface area contributed by atoms with Crippen LogP contribution >= 0.6 is 0 Å². The summed E-state index contributed by atoms with van der Waals surface area (Å²) in [5.74, 6) is 1.31. The Morgan fingerprint density at radius 1 is 1.32 bits per heavy atom. The molecule has 1 aliphatic rings. The predicted octanol–water partition coefficient (Wildman–Crippen LogP) is 3.51. The van der Waals surface area contributed by atoms with Crippen LogP contribution in [0.25, 0.3) is 0 Å². The maximum absolute atomic E-state index is 5.54. The zero-order valence-corrected chi connectivity index (χ0v) is 14.3. The van der Waals surface area contributed by atoms with Crippen molar-refractivity contribution in [3.05, 3.63) is 53.8 Å². The first-order valence-corrected chi connectivity index (χ1v) is 8.07. The first-order valence-electron chi connectivity index (χ1n) is 8.07. The fourth-order valence-corrected chi connectivity index (χ4v) is 3.20. The number of nitrogens with zero attached hydrogens (tertiary/aromatic N) is 2. The van der Waals surface area contributed by atoms with Gasteiger partial charge in [0.25, 0.3) is 0 Å². The molecule has 0 bridgehead atoms. The molecule has 3 nitrogen and oxygen atoms in total. The molecule has 2 rings (SSSR count). The normalized spacial score (nSPS) is 18.7. The molecule has 1 unspecified atom stereocenters. The SMILES string of the molecule is C=C(C1=CC(c2ccccc2OC)CN(C)C1)N(CC)CC. The molecular weight excluding hydrogens is 272 g/mol. The van der Waals surface area contributed by atoms with Crippen LogP contribution in [0.4, 0.5) is 0 Å². The minimum absolute atomic E-state index is 0.345. The van der Waals surface area contributed by atoms with Gasteiger partial charge in [0, 0.05) is 43.4 Å². The third kappa shape index (κ3) is 3.53. The smallest absolute Gasteiger partial charge is 0.122 e. The van der Waals surface area contributed by atoms with Crippen LogP contribution in [0.2, 0.25) is 0 Å². The van der Waals surface area contributed by atoms with Gasteiger partial charge in [-0.05, 0) is 32.5 Å². The molecule has 1 aromatic rings. The third-order valence-corrected chi connectivity index (χ3v) is 4.41. The van der Waals surface area contributed by atoms with E-state index in [4.69, 9.17) is 4.74 Å². The number of rotatable bonds is 6. The summed E-state index contributed by atoms with van der Waals surface area (Å²) in [7, 11) is 3.91. The molecule has 0 spiro atoms. The quantitative estimate of drug-likeness (QED) is 0.799. The average molecular weight is 300 g/mol. The van der Waals surface area contributed by atoms with Crippen molar-refractivity contribution in [3.63, 3.8) is 0 Å². The molecule has 1 aliphatic heterocycles. The topological polar surface area (TPSA) is 15.7 Å². The molecule has 0 saturated carbocycles. The fourth-order valence-electron chi connectivity index (χ4n) is 3.20. The minimum Gasteiger partial charge on any atom is -0.496 e. The van der Waals surface area contributed by atoms with Gasteiger partial charge in [0.1, 0.15) is 5.75 Å². The van der Waals surface area contributed by atoms with Gasteiger partial charge in [-0.2, -0.15) is 0 Å². The molecule has 0 fully saturated rings. The fraction of sp³-hybridized carbons (Fsp3) is 0.474. The zero-order valence-electron chi connectivity index (χ0n) is 14.3. The number of methoxy groups -OCH3 is 1. The molecule has 0 aliphatic carbocycles. The van der Waals surface area contributed by atoms with Crippen LogP contribution in [0, 0.1) is 0 Å². The van der Waals surface area contributed by atoms with E-state index in [1.54, 1.807) is 7.11 Å². The van der Waals surface area contributed by atoms with Crippen molar-refractivity contribution in [2.24, 2.45) is 0 Å². The van der Waals surface area contributed by atoms with Crippen LogP contribution in [0.5, 0.6) is 5.75 Å². The van der Waals surface area contributed by atoms with Gasteiger partial charge >= 0.3 is 0 Å². The summed E-state index contributed by atoms with van der Waals surface area (Å²) in [4.78, 5) is 4.69. The summed E-state index contributed by atoms with van der Waals surface area (Å²) in [5.41, 5.74) is 3.73. The maximum atomic E-state index is 5.54. The number of likely N-dealkylation sites (N-methyl/N-ethyl adjacent to an activating group) is 2. The van der Waals surface area contributed by atoms with Crippen LogP contribution in [0.1, 0.15) is 25.3 Å². The summed E-state index contributed by atoms with van der Waals surface area (Å²) in [5, 5.41) is 0. The van der Waals surface area contributed by atoms with E-state index in [1.807, 2.05) is 12.1 Å². The van der Waals surface area contributed by atoms with Crippen LogP contribution in [0.3, 0.4) is 0 Å². The summed E-state index contributed by atoms with van der Waals surface area (Å²) in [6.45, 7) is 12.6. The van der Waals surface area contributed by atoms with E-state index in [9.17, 15) is 0 Å². The van der Waals surface area contributed by atoms with Crippen molar-refractivity contribution in [1.29, 1.82) is 0 Å². The molecule has 22 heavy (non-hydrogen) atoms. The van der Waals surface area contributed by atoms with Crippen LogP contribution < -0.4 is 4.74 Å². The van der Waals surface area contributed by atoms with E-state index in [0.717, 1.165) is 37.6 Å². The first-order chi connectivity index (χ1) is 10.6. The standard InChI is InChI=1S/C19H28N2O/c1-6-21(7-2)15(3)16-12-17(14-20(4)13-16)18-10-8-9-11-19(18)22-5/h8-12,17H,3,6-7,13-14H2,1-2,4-5H3. The number of hydrogen-bond acceptors (Lipinski definition) is 3. The molecule has 120 valence electrons. The Hall–Kier alpha value is -1.74. The number of para-hydroxylation sites is 1. The van der Waals surface area contributed by atoms with Crippen LogP contribution in [-0.2, 0) is 0 Å². The van der Waals surface area contributed by atoms with Crippen molar-refractivity contribution in [2.75, 3.05) is 40.3 Å². The molecule has 1 heterocycles. The van der Waals surface area contributed by atoms with Crippen LogP contribution in [0.15, 0.2) is 48.2 Å². The Kier molecular flexibility index (Phi) is 5.67. The highest BCUT2D eigenvalue weighted by molar-refractivity contribution is 5.42. The second kappa shape index (κ2) is 7.50. The number of benzene rings is 1. The average Bonchev–Trinajstić information content (AvgIpc) is 2.55. The van der Waals surface area contributed by atoms with Gasteiger partial charge in [0.2, 0.25) is 0 Å². The van der Waals surface area contributed by atoms with Gasteiger partial charge in [-0.25, -0.2) is 0 Å². The molecule has 0 aromatic heterocycles. The lowest BCUT2D eigenvalue weighted by Gasteiger charge is -2.34. The second-order valence-corrected chi connectivity index (χ2v) is 5.86. The highest BCUT2D eigenvalue weighted by Gasteiger charge is 2.23. The molecule has 3 heteroatoms. The first kappa shape index (κ1) is 16.6. The lowest BCUT2D eigenvalue weighted by atomic mass is 9.91. The van der Waals surface area contributed by atoms with E-state index in [1.165, 1.54) is 11.1 Å². The Morgan fingerprint density at radius 3 is 2.64 bits per heavy atom. The zero-order chi connectivity index (χ0) is 16.1. The van der Waals surface area contributed by atoms with E-state index in [-0.39, 0.29) is 0 Å². The van der Waals surface area contributed by atoms with E-state index >= 15 is 0 Å². The summed E-state index contributed by atoms with van der Waals surface area (Å²) >= 11 is 0. The molecule has 1 aromatic carbocycles. The summed E-state index contributed by atoms with van der Waals surface area (Å²) in [6.07, 6.45) is 2.37. The van der Waals surface area contributed by atoms with Crippen molar-refractivity contribution in [1.82, 2.24) is 9.80 Å². The van der Waals surface area contributed by atoms with Crippen LogP contribution in [-0.4, -0.2) is 50.1 Å². The molecule has 0 amide bonds. The maximum Gasteiger partial charge on any atom is 0.122 e. The largest absolute Gasteiger partial charge is 0.496 e. The molecule has 0 radical (unpaired) electrons. The Bertz CT molecular complexity index is 546. The monoisotopic (exact) mass is 300 g/mol. The van der Waals surface area contributed by atoms with Crippen molar-refractivity contribution in [2.45, 2.75) is 19.8 Å². The van der Waals surface area contributed by atoms with Crippen molar-refractivity contribution in [3.8, 4) is 5.75 Å². The molecule has 0 saturated heterocycles. The van der Waals surface area contributed by atoms with Crippen molar-refractivity contribution >= 4 is 0 Å². The highest BCUT2D eigenvalue weighted by atomic mass is 16.5. The Balaban J connectivity index is 2.32. The third-order valence-electron chi connectivity index (χ3n) is 4.41. The Labute approximate surface area is 134 Å². The van der Waals surface area contributed by atoms with Crippen molar-refractivity contribution < 1.29 is 4.74 Å². The number of ether oxygens (including phenoxy) is 1. The van der Waals surface area contributed by atoms with Gasteiger partial charge in [-0.15, -0.1) is 0 Å². The van der Waals surface area contributed by atoms with E-state index in [0.29, 0.717) is 5.92 Å². The molecular formula is C19H28N2O. The molecule has 0 N–H and O–H groups in total. The van der Waals surface area contributed by atoms with Gasteiger partial charge in [-0.1, -0.05) is 30.9 Å². The predicted molar refractivity (Wildman–Crippen MR) is 93.4 cm³/mol. The lowest BCUT2D eigenvalue weighted by molar-refractivity contribution is 0.316. The van der Waals surface area contributed by atoms with E-state index < -0.39 is 0 Å². The Morgan fingerprint density at radius 2 is 2.00 bits per heavy atom. The summed E-state index contributed by atoms with van der Waals surface area (Å²) in [6, 6.07) is 8.31. The van der Waals surface area contributed by atoms with Gasteiger partial charge in [0.15, 0.2) is 0 Å². The van der Waals surface area contributed by atoms with Gasteiger partial charge in [0.05, 0.1) is 7.11 Å². The second-order valence-electron chi connectivity index (χ2n) is 5.86. The lowest BCUT2D eigenvalue weighted by Crippen LogP contribution is -2.34. The summed E-state index contributed by atoms with van der Waals surface area (Å²) < 4.78 is 5.54. The van der Waals surface area contributed by atoms with Gasteiger partial charge < -0.3 is 14.5 Å². The van der Waals surface area contributed by atoms with Gasteiger partial charge in [-0.3, -0.25) is 0 Å². The number of hydrogen-bond donors (Lipinski definition) is 0. The highest BCUT2D eigenvalue weighted by Crippen LogP contribution is 2.33.